The van der Waals surface area contributed by atoms with Gasteiger partial charge in [0.05, 0.1) is 11.2 Å². The molecule has 2 nitrogen and oxygen atoms in total. The Bertz CT molecular complexity index is 356. The van der Waals surface area contributed by atoms with Gasteiger partial charge in [0.25, 0.3) is 0 Å². The second-order valence-electron chi connectivity index (χ2n) is 8.69. The molecule has 0 amide bonds. The Morgan fingerprint density at radius 1 is 1.00 bits per heavy atom. The van der Waals surface area contributed by atoms with Crippen LogP contribution < -0.4 is 0 Å². The van der Waals surface area contributed by atoms with E-state index in [1.807, 2.05) is 0 Å². The molecule has 116 valence electrons. The molecule has 3 rings (SSSR count). The minimum absolute atomic E-state index is 0.130. The van der Waals surface area contributed by atoms with Crippen molar-refractivity contribution < 1.29 is 9.84 Å². The van der Waals surface area contributed by atoms with Gasteiger partial charge in [-0.05, 0) is 62.2 Å². The van der Waals surface area contributed by atoms with E-state index >= 15 is 0 Å². The topological polar surface area (TPSA) is 29.5 Å². The van der Waals surface area contributed by atoms with E-state index in [0.717, 1.165) is 38.7 Å². The van der Waals surface area contributed by atoms with Crippen molar-refractivity contribution in [1.82, 2.24) is 0 Å². The predicted molar refractivity (Wildman–Crippen MR) is 81.6 cm³/mol. The quantitative estimate of drug-likeness (QED) is 0.776. The molecule has 0 aromatic carbocycles. The van der Waals surface area contributed by atoms with Gasteiger partial charge >= 0.3 is 0 Å². The van der Waals surface area contributed by atoms with Crippen LogP contribution >= 0.6 is 0 Å². The summed E-state index contributed by atoms with van der Waals surface area (Å²) in [5, 5.41) is 11.4. The standard InChI is InChI=1S/C18H32O2/c1-14-12-16(2,3)9-10-18(14,19)15-6-11-20-17(13-15)7-4-5-8-17/h14-15,19H,4-13H2,1-3H3. The molecule has 0 radical (unpaired) electrons. The number of aliphatic hydroxyl groups is 1. The van der Waals surface area contributed by atoms with Crippen LogP contribution in [0.15, 0.2) is 0 Å². The Morgan fingerprint density at radius 3 is 2.35 bits per heavy atom. The average molecular weight is 280 g/mol. The van der Waals surface area contributed by atoms with Gasteiger partial charge in [0.15, 0.2) is 0 Å². The number of hydrogen-bond donors (Lipinski definition) is 1. The third-order valence-electron chi connectivity index (χ3n) is 6.63. The van der Waals surface area contributed by atoms with Gasteiger partial charge in [-0.15, -0.1) is 0 Å². The monoisotopic (exact) mass is 280 g/mol. The average Bonchev–Trinajstić information content (AvgIpc) is 2.82. The van der Waals surface area contributed by atoms with E-state index in [0.29, 0.717) is 17.3 Å². The highest BCUT2D eigenvalue weighted by Gasteiger charge is 2.51. The molecule has 1 heterocycles. The lowest BCUT2D eigenvalue weighted by Gasteiger charge is -2.52. The zero-order valence-corrected chi connectivity index (χ0v) is 13.6. The van der Waals surface area contributed by atoms with Crippen LogP contribution in [0.3, 0.4) is 0 Å². The molecule has 2 heteroatoms. The van der Waals surface area contributed by atoms with Crippen LogP contribution in [-0.2, 0) is 4.74 Å². The van der Waals surface area contributed by atoms with Gasteiger partial charge in [0.1, 0.15) is 0 Å². The van der Waals surface area contributed by atoms with Crippen LogP contribution in [0.5, 0.6) is 0 Å². The van der Waals surface area contributed by atoms with Gasteiger partial charge in [-0.3, -0.25) is 0 Å². The van der Waals surface area contributed by atoms with E-state index in [9.17, 15) is 5.11 Å². The predicted octanol–water partition coefficient (Wildman–Crippen LogP) is 4.30. The first kappa shape index (κ1) is 14.8. The Morgan fingerprint density at radius 2 is 1.70 bits per heavy atom. The van der Waals surface area contributed by atoms with Crippen LogP contribution in [0.25, 0.3) is 0 Å². The molecule has 0 bridgehead atoms. The smallest absolute Gasteiger partial charge is 0.0703 e. The maximum absolute atomic E-state index is 11.4. The SMILES string of the molecule is CC1CC(C)(C)CCC1(O)C1CCOC2(CCCC2)C1. The fourth-order valence-corrected chi connectivity index (χ4v) is 5.32. The number of rotatable bonds is 1. The molecule has 20 heavy (non-hydrogen) atoms. The molecule has 2 saturated carbocycles. The van der Waals surface area contributed by atoms with Gasteiger partial charge in [-0.2, -0.15) is 0 Å². The molecule has 3 unspecified atom stereocenters. The third-order valence-corrected chi connectivity index (χ3v) is 6.63. The maximum Gasteiger partial charge on any atom is 0.0703 e. The van der Waals surface area contributed by atoms with E-state index in [4.69, 9.17) is 4.74 Å². The summed E-state index contributed by atoms with van der Waals surface area (Å²) in [6.45, 7) is 7.85. The van der Waals surface area contributed by atoms with Gasteiger partial charge in [-0.25, -0.2) is 0 Å². The zero-order chi connectivity index (χ0) is 14.4. The molecule has 0 aromatic rings. The molecular weight excluding hydrogens is 248 g/mol. The normalized spacial score (nSPS) is 43.8. The summed E-state index contributed by atoms with van der Waals surface area (Å²) in [6.07, 6.45) is 10.5. The van der Waals surface area contributed by atoms with Crippen molar-refractivity contribution in [3.05, 3.63) is 0 Å². The third kappa shape index (κ3) is 2.54. The Labute approximate surface area is 124 Å². The first-order chi connectivity index (χ1) is 9.35. The molecule has 1 spiro atoms. The summed E-state index contributed by atoms with van der Waals surface area (Å²) in [4.78, 5) is 0. The highest BCUT2D eigenvalue weighted by Crippen LogP contribution is 2.52. The van der Waals surface area contributed by atoms with Crippen molar-refractivity contribution in [3.8, 4) is 0 Å². The Balaban J connectivity index is 1.74. The van der Waals surface area contributed by atoms with Crippen molar-refractivity contribution in [2.45, 2.75) is 89.8 Å². The molecule has 3 aliphatic rings. The van der Waals surface area contributed by atoms with E-state index in [2.05, 4.69) is 20.8 Å². The summed E-state index contributed by atoms with van der Waals surface area (Å²) in [6, 6.07) is 0. The van der Waals surface area contributed by atoms with Gasteiger partial charge in [0, 0.05) is 6.61 Å². The van der Waals surface area contributed by atoms with Gasteiger partial charge in [-0.1, -0.05) is 33.6 Å². The molecule has 3 fully saturated rings. The zero-order valence-electron chi connectivity index (χ0n) is 13.6. The molecule has 0 aromatic heterocycles. The molecule has 1 N–H and O–H groups in total. The van der Waals surface area contributed by atoms with Crippen molar-refractivity contribution >= 4 is 0 Å². The summed E-state index contributed by atoms with van der Waals surface area (Å²) in [5.41, 5.74) is 0.0993. The molecule has 1 aliphatic heterocycles. The number of ether oxygens (including phenoxy) is 1. The van der Waals surface area contributed by atoms with Crippen LogP contribution in [0, 0.1) is 17.3 Å². The van der Waals surface area contributed by atoms with Crippen molar-refractivity contribution in [2.24, 2.45) is 17.3 Å². The summed E-state index contributed by atoms with van der Waals surface area (Å²) in [5.74, 6) is 0.883. The highest BCUT2D eigenvalue weighted by atomic mass is 16.5. The minimum Gasteiger partial charge on any atom is -0.389 e. The second kappa shape index (κ2) is 4.98. The summed E-state index contributed by atoms with van der Waals surface area (Å²) >= 11 is 0. The Hall–Kier alpha value is -0.0800. The molecule has 2 aliphatic carbocycles. The van der Waals surface area contributed by atoms with Crippen molar-refractivity contribution in [1.29, 1.82) is 0 Å². The lowest BCUT2D eigenvalue weighted by Crippen LogP contribution is -2.54. The van der Waals surface area contributed by atoms with E-state index < -0.39 is 5.60 Å². The van der Waals surface area contributed by atoms with E-state index in [-0.39, 0.29) is 5.60 Å². The Kier molecular flexibility index (Phi) is 3.70. The molecular formula is C18H32O2. The lowest BCUT2D eigenvalue weighted by molar-refractivity contribution is -0.174. The lowest BCUT2D eigenvalue weighted by atomic mass is 9.59. The second-order valence-corrected chi connectivity index (χ2v) is 8.69. The van der Waals surface area contributed by atoms with Crippen LogP contribution in [-0.4, -0.2) is 22.9 Å². The fourth-order valence-electron chi connectivity index (χ4n) is 5.32. The van der Waals surface area contributed by atoms with Crippen molar-refractivity contribution in [2.75, 3.05) is 6.61 Å². The van der Waals surface area contributed by atoms with Gasteiger partial charge < -0.3 is 9.84 Å². The van der Waals surface area contributed by atoms with E-state index in [1.54, 1.807) is 0 Å². The first-order valence-electron chi connectivity index (χ1n) is 8.72. The summed E-state index contributed by atoms with van der Waals surface area (Å²) in [7, 11) is 0. The highest BCUT2D eigenvalue weighted by molar-refractivity contribution is 5.02. The van der Waals surface area contributed by atoms with Gasteiger partial charge in [0.2, 0.25) is 0 Å². The molecule has 3 atom stereocenters. The fraction of sp³-hybridized carbons (Fsp3) is 1.00. The van der Waals surface area contributed by atoms with Crippen LogP contribution in [0.2, 0.25) is 0 Å². The maximum atomic E-state index is 11.4. The minimum atomic E-state index is -0.436. The van der Waals surface area contributed by atoms with E-state index in [1.165, 1.54) is 25.7 Å². The summed E-state index contributed by atoms with van der Waals surface area (Å²) < 4.78 is 6.16. The molecule has 1 saturated heterocycles. The van der Waals surface area contributed by atoms with Crippen molar-refractivity contribution in [3.63, 3.8) is 0 Å². The first-order valence-corrected chi connectivity index (χ1v) is 8.72. The van der Waals surface area contributed by atoms with Crippen LogP contribution in [0.1, 0.15) is 78.6 Å². The van der Waals surface area contributed by atoms with Crippen LogP contribution in [0.4, 0.5) is 0 Å². The largest absolute Gasteiger partial charge is 0.389 e. The number of hydrogen-bond acceptors (Lipinski definition) is 2.